The molecular formula is C17H30O3. The van der Waals surface area contributed by atoms with Gasteiger partial charge in [-0.2, -0.15) is 0 Å². The minimum atomic E-state index is -0.278. The quantitative estimate of drug-likeness (QED) is 0.780. The van der Waals surface area contributed by atoms with Gasteiger partial charge in [0.05, 0.1) is 25.4 Å². The fraction of sp³-hybridized carbons (Fsp3) is 1.00. The lowest BCUT2D eigenvalue weighted by atomic mass is 9.48. The van der Waals surface area contributed by atoms with Gasteiger partial charge in [-0.05, 0) is 75.5 Å². The second kappa shape index (κ2) is 5.94. The summed E-state index contributed by atoms with van der Waals surface area (Å²) in [6, 6.07) is 0. The number of hydrogen-bond donors (Lipinski definition) is 1. The van der Waals surface area contributed by atoms with Crippen molar-refractivity contribution in [2.24, 2.45) is 23.2 Å². The second-order valence-corrected chi connectivity index (χ2v) is 7.60. The molecule has 0 spiro atoms. The standard InChI is InChI=1S/C17H30O3/c1-3-19-10-12(2)20-11-16(18)17-7-13-4-14(8-17)6-15(5-13)9-17/h12-16,18H,3-11H2,1-2H3. The van der Waals surface area contributed by atoms with Crippen LogP contribution in [0.4, 0.5) is 0 Å². The van der Waals surface area contributed by atoms with E-state index >= 15 is 0 Å². The molecule has 0 heterocycles. The lowest BCUT2D eigenvalue weighted by molar-refractivity contribution is -0.149. The van der Waals surface area contributed by atoms with Crippen LogP contribution in [0.3, 0.4) is 0 Å². The molecule has 1 N–H and O–H groups in total. The molecule has 4 rings (SSSR count). The number of hydrogen-bond acceptors (Lipinski definition) is 3. The van der Waals surface area contributed by atoms with Crippen molar-refractivity contribution in [2.75, 3.05) is 19.8 Å². The van der Waals surface area contributed by atoms with E-state index in [1.54, 1.807) is 0 Å². The summed E-state index contributed by atoms with van der Waals surface area (Å²) in [6.45, 7) is 5.87. The zero-order chi connectivity index (χ0) is 14.2. The van der Waals surface area contributed by atoms with Gasteiger partial charge in [0.1, 0.15) is 0 Å². The molecule has 4 fully saturated rings. The van der Waals surface area contributed by atoms with E-state index in [1.807, 2.05) is 13.8 Å². The molecule has 0 aromatic carbocycles. The first-order chi connectivity index (χ1) is 9.61. The van der Waals surface area contributed by atoms with E-state index in [1.165, 1.54) is 38.5 Å². The lowest BCUT2D eigenvalue weighted by Crippen LogP contribution is -2.53. The van der Waals surface area contributed by atoms with Gasteiger partial charge >= 0.3 is 0 Å². The highest BCUT2D eigenvalue weighted by atomic mass is 16.5. The molecule has 4 bridgehead atoms. The first-order valence-electron chi connectivity index (χ1n) is 8.48. The van der Waals surface area contributed by atoms with Crippen LogP contribution in [0, 0.1) is 23.2 Å². The van der Waals surface area contributed by atoms with Crippen LogP contribution in [0.1, 0.15) is 52.4 Å². The molecule has 116 valence electrons. The summed E-state index contributed by atoms with van der Waals surface area (Å²) < 4.78 is 11.2. The predicted molar refractivity (Wildman–Crippen MR) is 78.5 cm³/mol. The maximum atomic E-state index is 10.7. The van der Waals surface area contributed by atoms with Crippen LogP contribution >= 0.6 is 0 Å². The SMILES string of the molecule is CCOCC(C)OCC(O)C12CC3CC(CC(C3)C1)C2. The highest BCUT2D eigenvalue weighted by molar-refractivity contribution is 5.04. The molecule has 4 aliphatic rings. The topological polar surface area (TPSA) is 38.7 Å². The van der Waals surface area contributed by atoms with Crippen LogP contribution < -0.4 is 0 Å². The molecule has 3 nitrogen and oxygen atoms in total. The van der Waals surface area contributed by atoms with Gasteiger partial charge in [0.2, 0.25) is 0 Å². The smallest absolute Gasteiger partial charge is 0.0830 e. The Labute approximate surface area is 123 Å². The third-order valence-electron chi connectivity index (χ3n) is 5.89. The fourth-order valence-corrected chi connectivity index (χ4v) is 5.35. The Morgan fingerprint density at radius 3 is 2.10 bits per heavy atom. The summed E-state index contributed by atoms with van der Waals surface area (Å²) >= 11 is 0. The van der Waals surface area contributed by atoms with E-state index in [0.717, 1.165) is 24.4 Å². The minimum Gasteiger partial charge on any atom is -0.390 e. The van der Waals surface area contributed by atoms with Gasteiger partial charge in [-0.1, -0.05) is 0 Å². The average Bonchev–Trinajstić information content (AvgIpc) is 2.41. The normalized spacial score (nSPS) is 41.9. The van der Waals surface area contributed by atoms with Crippen molar-refractivity contribution in [3.05, 3.63) is 0 Å². The molecule has 0 aromatic heterocycles. The average molecular weight is 282 g/mol. The van der Waals surface area contributed by atoms with Crippen molar-refractivity contribution in [1.29, 1.82) is 0 Å². The van der Waals surface area contributed by atoms with Gasteiger partial charge in [-0.3, -0.25) is 0 Å². The fourth-order valence-electron chi connectivity index (χ4n) is 5.35. The highest BCUT2D eigenvalue weighted by Crippen LogP contribution is 2.61. The zero-order valence-corrected chi connectivity index (χ0v) is 13.0. The van der Waals surface area contributed by atoms with Gasteiger partial charge in [-0.25, -0.2) is 0 Å². The second-order valence-electron chi connectivity index (χ2n) is 7.60. The van der Waals surface area contributed by atoms with E-state index in [0.29, 0.717) is 13.2 Å². The largest absolute Gasteiger partial charge is 0.390 e. The van der Waals surface area contributed by atoms with Crippen LogP contribution in [-0.2, 0) is 9.47 Å². The molecule has 0 saturated heterocycles. The van der Waals surface area contributed by atoms with Gasteiger partial charge in [0.15, 0.2) is 0 Å². The summed E-state index contributed by atoms with van der Waals surface area (Å²) in [5.41, 5.74) is 0.181. The first-order valence-corrected chi connectivity index (χ1v) is 8.48. The number of aliphatic hydroxyl groups is 1. The molecule has 0 radical (unpaired) electrons. The van der Waals surface area contributed by atoms with Crippen LogP contribution in [0.5, 0.6) is 0 Å². The zero-order valence-electron chi connectivity index (χ0n) is 13.0. The minimum absolute atomic E-state index is 0.0820. The van der Waals surface area contributed by atoms with Crippen molar-refractivity contribution in [3.63, 3.8) is 0 Å². The Kier molecular flexibility index (Phi) is 4.40. The Bertz CT molecular complexity index is 293. The molecule has 4 aliphatic carbocycles. The van der Waals surface area contributed by atoms with E-state index in [-0.39, 0.29) is 17.6 Å². The number of aliphatic hydroxyl groups excluding tert-OH is 1. The van der Waals surface area contributed by atoms with Gasteiger partial charge in [0, 0.05) is 6.61 Å². The van der Waals surface area contributed by atoms with Crippen LogP contribution in [0.25, 0.3) is 0 Å². The monoisotopic (exact) mass is 282 g/mol. The van der Waals surface area contributed by atoms with Crippen LogP contribution in [0.2, 0.25) is 0 Å². The Balaban J connectivity index is 1.53. The Morgan fingerprint density at radius 1 is 1.05 bits per heavy atom. The van der Waals surface area contributed by atoms with E-state index in [9.17, 15) is 5.11 Å². The molecule has 20 heavy (non-hydrogen) atoms. The van der Waals surface area contributed by atoms with E-state index in [4.69, 9.17) is 9.47 Å². The van der Waals surface area contributed by atoms with Crippen molar-refractivity contribution in [3.8, 4) is 0 Å². The Hall–Kier alpha value is -0.120. The third-order valence-corrected chi connectivity index (χ3v) is 5.89. The molecule has 0 amide bonds. The highest BCUT2D eigenvalue weighted by Gasteiger charge is 2.53. The molecule has 0 aromatic rings. The van der Waals surface area contributed by atoms with Crippen molar-refractivity contribution >= 4 is 0 Å². The molecule has 0 aliphatic heterocycles. The molecular weight excluding hydrogens is 252 g/mol. The van der Waals surface area contributed by atoms with Gasteiger partial charge in [0.25, 0.3) is 0 Å². The Morgan fingerprint density at radius 2 is 1.60 bits per heavy atom. The van der Waals surface area contributed by atoms with Crippen molar-refractivity contribution in [1.82, 2.24) is 0 Å². The summed E-state index contributed by atoms with van der Waals surface area (Å²) in [5, 5.41) is 10.7. The summed E-state index contributed by atoms with van der Waals surface area (Å²) in [5.74, 6) is 2.66. The summed E-state index contributed by atoms with van der Waals surface area (Å²) in [7, 11) is 0. The van der Waals surface area contributed by atoms with Crippen LogP contribution in [-0.4, -0.2) is 37.1 Å². The molecule has 4 saturated carbocycles. The van der Waals surface area contributed by atoms with Gasteiger partial charge < -0.3 is 14.6 Å². The summed E-state index contributed by atoms with van der Waals surface area (Å²) in [4.78, 5) is 0. The molecule has 3 heteroatoms. The van der Waals surface area contributed by atoms with E-state index in [2.05, 4.69) is 0 Å². The molecule has 2 unspecified atom stereocenters. The van der Waals surface area contributed by atoms with Crippen LogP contribution in [0.15, 0.2) is 0 Å². The maximum absolute atomic E-state index is 10.7. The lowest BCUT2D eigenvalue weighted by Gasteiger charge is -2.58. The van der Waals surface area contributed by atoms with E-state index < -0.39 is 0 Å². The molecule has 2 atom stereocenters. The van der Waals surface area contributed by atoms with Crippen molar-refractivity contribution < 1.29 is 14.6 Å². The number of rotatable bonds is 7. The first kappa shape index (κ1) is 14.8. The predicted octanol–water partition coefficient (Wildman–Crippen LogP) is 3.01. The third kappa shape index (κ3) is 2.90. The summed E-state index contributed by atoms with van der Waals surface area (Å²) in [6.07, 6.45) is 7.80. The van der Waals surface area contributed by atoms with Crippen molar-refractivity contribution in [2.45, 2.75) is 64.6 Å². The number of ether oxygens (including phenoxy) is 2. The van der Waals surface area contributed by atoms with Gasteiger partial charge in [-0.15, -0.1) is 0 Å². The maximum Gasteiger partial charge on any atom is 0.0830 e.